The molecule has 1 heterocycles. The number of carbonyl (C=O) groups excluding carboxylic acids is 1. The van der Waals surface area contributed by atoms with Crippen LogP contribution in [0.1, 0.15) is 39.8 Å². The van der Waals surface area contributed by atoms with Gasteiger partial charge in [-0.05, 0) is 39.0 Å². The molecule has 20 heavy (non-hydrogen) atoms. The van der Waals surface area contributed by atoms with E-state index in [0.29, 0.717) is 6.61 Å². The number of anilines is 1. The highest BCUT2D eigenvalue weighted by molar-refractivity contribution is 7.13. The lowest BCUT2D eigenvalue weighted by atomic mass is 9.90. The Morgan fingerprint density at radius 3 is 2.80 bits per heavy atom. The van der Waals surface area contributed by atoms with Crippen LogP contribution in [0.3, 0.4) is 0 Å². The van der Waals surface area contributed by atoms with Crippen molar-refractivity contribution in [3.05, 3.63) is 11.1 Å². The second kappa shape index (κ2) is 5.72. The highest BCUT2D eigenvalue weighted by Gasteiger charge is 2.36. The molecular weight excluding hydrogens is 272 g/mol. The number of carbonyl (C=O) groups is 1. The fourth-order valence-corrected chi connectivity index (χ4v) is 3.20. The maximum Gasteiger partial charge on any atom is 0.317 e. The molecule has 0 aromatic carbocycles. The lowest BCUT2D eigenvalue weighted by Gasteiger charge is -2.20. The van der Waals surface area contributed by atoms with Crippen LogP contribution in [0.15, 0.2) is 5.38 Å². The van der Waals surface area contributed by atoms with Crippen molar-refractivity contribution in [2.24, 2.45) is 11.8 Å². The fraction of sp³-hybridized carbons (Fsp3) is 0.733. The van der Waals surface area contributed by atoms with Crippen LogP contribution in [0.5, 0.6) is 0 Å². The van der Waals surface area contributed by atoms with Gasteiger partial charge >= 0.3 is 5.97 Å². The Balaban J connectivity index is 2.05. The van der Waals surface area contributed by atoms with Gasteiger partial charge in [-0.15, -0.1) is 11.3 Å². The molecule has 112 valence electrons. The van der Waals surface area contributed by atoms with Gasteiger partial charge in [0.15, 0.2) is 5.13 Å². The van der Waals surface area contributed by atoms with Crippen molar-refractivity contribution in [2.75, 3.05) is 25.1 Å². The van der Waals surface area contributed by atoms with E-state index in [1.165, 1.54) is 6.42 Å². The van der Waals surface area contributed by atoms with Crippen LogP contribution in [0, 0.1) is 11.8 Å². The summed E-state index contributed by atoms with van der Waals surface area (Å²) in [4.78, 5) is 18.8. The summed E-state index contributed by atoms with van der Waals surface area (Å²) in [5.74, 6) is 1.42. The summed E-state index contributed by atoms with van der Waals surface area (Å²) in [5, 5.41) is 2.95. The molecule has 0 amide bonds. The van der Waals surface area contributed by atoms with E-state index in [0.717, 1.165) is 29.2 Å². The first kappa shape index (κ1) is 15.3. The highest BCUT2D eigenvalue weighted by atomic mass is 32.1. The smallest absolute Gasteiger partial charge is 0.317 e. The predicted octanol–water partition coefficient (Wildman–Crippen LogP) is 3.08. The van der Waals surface area contributed by atoms with E-state index in [4.69, 9.17) is 4.74 Å². The number of hydrogen-bond acceptors (Lipinski definition) is 5. The number of rotatable bonds is 6. The molecule has 1 aromatic heterocycles. The summed E-state index contributed by atoms with van der Waals surface area (Å²) in [5.41, 5.74) is 0.116. The molecule has 0 N–H and O–H groups in total. The van der Waals surface area contributed by atoms with Crippen LogP contribution in [0.2, 0.25) is 0 Å². The molecule has 0 bridgehead atoms. The molecule has 1 aromatic rings. The topological polar surface area (TPSA) is 42.4 Å². The zero-order chi connectivity index (χ0) is 14.9. The zero-order valence-electron chi connectivity index (χ0n) is 13.0. The number of esters is 1. The normalized spacial score (nSPS) is 21.6. The largest absolute Gasteiger partial charge is 0.465 e. The van der Waals surface area contributed by atoms with Crippen LogP contribution >= 0.6 is 11.3 Å². The fourth-order valence-electron chi connectivity index (χ4n) is 2.23. The van der Waals surface area contributed by atoms with Crippen LogP contribution in [-0.4, -0.2) is 31.2 Å². The minimum Gasteiger partial charge on any atom is -0.465 e. The Morgan fingerprint density at radius 2 is 2.25 bits per heavy atom. The summed E-state index contributed by atoms with van der Waals surface area (Å²) in [6.07, 6.45) is 1.32. The van der Waals surface area contributed by atoms with E-state index in [-0.39, 0.29) is 5.97 Å². The number of ether oxygens (including phenoxy) is 1. The first-order valence-corrected chi connectivity index (χ1v) is 8.08. The van der Waals surface area contributed by atoms with Gasteiger partial charge in [-0.1, -0.05) is 6.92 Å². The molecule has 2 atom stereocenters. The van der Waals surface area contributed by atoms with E-state index in [2.05, 4.69) is 23.9 Å². The molecule has 4 nitrogen and oxygen atoms in total. The third-order valence-corrected chi connectivity index (χ3v) is 4.98. The van der Waals surface area contributed by atoms with Crippen molar-refractivity contribution < 1.29 is 9.53 Å². The molecule has 0 spiro atoms. The first-order chi connectivity index (χ1) is 9.36. The number of aromatic nitrogens is 1. The second-order valence-corrected chi connectivity index (χ2v) is 7.05. The monoisotopic (exact) mass is 296 g/mol. The Labute approximate surface area is 125 Å². The molecule has 1 aliphatic rings. The van der Waals surface area contributed by atoms with Gasteiger partial charge in [0.1, 0.15) is 5.41 Å². The summed E-state index contributed by atoms with van der Waals surface area (Å²) in [7, 11) is 2.07. The highest BCUT2D eigenvalue weighted by Crippen LogP contribution is 2.39. The second-order valence-electron chi connectivity index (χ2n) is 6.21. The van der Waals surface area contributed by atoms with Gasteiger partial charge in [0, 0.05) is 19.0 Å². The lowest BCUT2D eigenvalue weighted by Crippen LogP contribution is -2.31. The van der Waals surface area contributed by atoms with Crippen molar-refractivity contribution in [2.45, 2.75) is 39.5 Å². The minimum atomic E-state index is -0.682. The van der Waals surface area contributed by atoms with Crippen LogP contribution in [0.25, 0.3) is 0 Å². The summed E-state index contributed by atoms with van der Waals surface area (Å²) in [6.45, 7) is 9.30. The van der Waals surface area contributed by atoms with E-state index < -0.39 is 5.41 Å². The van der Waals surface area contributed by atoms with E-state index in [9.17, 15) is 4.79 Å². The van der Waals surface area contributed by atoms with E-state index in [1.54, 1.807) is 11.3 Å². The molecule has 0 radical (unpaired) electrons. The Morgan fingerprint density at radius 1 is 1.60 bits per heavy atom. The first-order valence-electron chi connectivity index (χ1n) is 7.20. The van der Waals surface area contributed by atoms with Crippen molar-refractivity contribution >= 4 is 22.4 Å². The third kappa shape index (κ3) is 3.14. The Bertz CT molecular complexity index is 484. The van der Waals surface area contributed by atoms with Gasteiger partial charge in [-0.3, -0.25) is 4.79 Å². The molecule has 0 saturated heterocycles. The van der Waals surface area contributed by atoms with Crippen molar-refractivity contribution in [3.8, 4) is 0 Å². The Kier molecular flexibility index (Phi) is 4.37. The average molecular weight is 296 g/mol. The summed E-state index contributed by atoms with van der Waals surface area (Å²) >= 11 is 1.60. The molecular formula is C15H24N2O2S. The summed E-state index contributed by atoms with van der Waals surface area (Å²) in [6, 6.07) is 0. The minimum absolute atomic E-state index is 0.213. The molecule has 2 unspecified atom stereocenters. The zero-order valence-corrected chi connectivity index (χ0v) is 13.8. The molecule has 2 rings (SSSR count). The molecule has 1 aliphatic carbocycles. The number of nitrogens with zero attached hydrogens (tertiary/aromatic N) is 2. The molecule has 1 fully saturated rings. The molecule has 1 saturated carbocycles. The van der Waals surface area contributed by atoms with Gasteiger partial charge in [-0.25, -0.2) is 4.98 Å². The van der Waals surface area contributed by atoms with Crippen molar-refractivity contribution in [3.63, 3.8) is 0 Å². The lowest BCUT2D eigenvalue weighted by molar-refractivity contribution is -0.148. The number of thiazole rings is 1. The third-order valence-electron chi connectivity index (χ3n) is 4.03. The van der Waals surface area contributed by atoms with Gasteiger partial charge in [0.05, 0.1) is 12.3 Å². The van der Waals surface area contributed by atoms with E-state index in [1.807, 2.05) is 26.2 Å². The Hall–Kier alpha value is -1.10. The van der Waals surface area contributed by atoms with Gasteiger partial charge in [0.2, 0.25) is 0 Å². The quantitative estimate of drug-likeness (QED) is 0.757. The summed E-state index contributed by atoms with van der Waals surface area (Å²) < 4.78 is 5.13. The maximum atomic E-state index is 12.0. The predicted molar refractivity (Wildman–Crippen MR) is 82.3 cm³/mol. The van der Waals surface area contributed by atoms with Gasteiger partial charge < -0.3 is 9.64 Å². The average Bonchev–Trinajstić information content (AvgIpc) is 2.91. The van der Waals surface area contributed by atoms with Gasteiger partial charge in [-0.2, -0.15) is 0 Å². The van der Waals surface area contributed by atoms with Gasteiger partial charge in [0.25, 0.3) is 0 Å². The molecule has 5 heteroatoms. The van der Waals surface area contributed by atoms with Crippen LogP contribution < -0.4 is 4.90 Å². The van der Waals surface area contributed by atoms with Crippen LogP contribution in [0.4, 0.5) is 5.13 Å². The molecule has 0 aliphatic heterocycles. The number of hydrogen-bond donors (Lipinski definition) is 0. The van der Waals surface area contributed by atoms with Crippen molar-refractivity contribution in [1.82, 2.24) is 4.98 Å². The van der Waals surface area contributed by atoms with E-state index >= 15 is 0 Å². The SMILES string of the molecule is CCOC(=O)C(C)(C)c1csc(N(C)CC2CC2C)n1. The maximum absolute atomic E-state index is 12.0. The standard InChI is InChI=1S/C15H24N2O2S/c1-6-19-13(18)15(3,4)12-9-20-14(16-12)17(5)8-11-7-10(11)2/h9-11H,6-8H2,1-5H3. The van der Waals surface area contributed by atoms with Crippen molar-refractivity contribution in [1.29, 1.82) is 0 Å². The van der Waals surface area contributed by atoms with Crippen LogP contribution in [-0.2, 0) is 14.9 Å².